The Morgan fingerprint density at radius 2 is 1.88 bits per heavy atom. The van der Waals surface area contributed by atoms with Gasteiger partial charge in [-0.25, -0.2) is 13.2 Å². The van der Waals surface area contributed by atoms with Gasteiger partial charge < -0.3 is 5.32 Å². The predicted octanol–water partition coefficient (Wildman–Crippen LogP) is 1.52. The maximum Gasteiger partial charge on any atom is 0.416 e. The molecule has 1 N–H and O–H groups in total. The van der Waals surface area contributed by atoms with Gasteiger partial charge in [0, 0.05) is 12.8 Å². The molecule has 0 aliphatic carbocycles. The summed E-state index contributed by atoms with van der Waals surface area (Å²) in [5.41, 5.74) is -2.66. The van der Waals surface area contributed by atoms with E-state index < -0.39 is 44.8 Å². The largest absolute Gasteiger partial charge is 0.416 e. The molecule has 1 aromatic rings. The van der Waals surface area contributed by atoms with Crippen molar-refractivity contribution in [1.29, 1.82) is 0 Å². The molecular weight excluding hydrogens is 349 g/mol. The molecule has 0 bridgehead atoms. The van der Waals surface area contributed by atoms with Crippen molar-refractivity contribution in [2.45, 2.75) is 18.6 Å². The van der Waals surface area contributed by atoms with Crippen molar-refractivity contribution in [3.05, 3.63) is 35.4 Å². The van der Waals surface area contributed by atoms with E-state index in [0.29, 0.717) is 4.90 Å². The molecule has 3 amide bonds. The zero-order valence-corrected chi connectivity index (χ0v) is 13.7. The number of carbonyl (C=O) groups excluding carboxylic acids is 2. The first-order valence-corrected chi connectivity index (χ1v) is 8.90. The van der Waals surface area contributed by atoms with E-state index in [4.69, 9.17) is 0 Å². The fourth-order valence-corrected chi connectivity index (χ4v) is 2.87. The molecule has 1 aromatic carbocycles. The molecule has 1 heterocycles. The fourth-order valence-electron chi connectivity index (χ4n) is 2.36. The van der Waals surface area contributed by atoms with Gasteiger partial charge in [0.1, 0.15) is 15.4 Å². The van der Waals surface area contributed by atoms with Crippen molar-refractivity contribution in [1.82, 2.24) is 10.2 Å². The Hall–Kier alpha value is -2.10. The van der Waals surface area contributed by atoms with E-state index in [1.807, 2.05) is 0 Å². The van der Waals surface area contributed by atoms with Crippen LogP contribution in [0.2, 0.25) is 0 Å². The molecule has 10 heteroatoms. The van der Waals surface area contributed by atoms with Crippen molar-refractivity contribution in [3.63, 3.8) is 0 Å². The van der Waals surface area contributed by atoms with Gasteiger partial charge in [0.2, 0.25) is 0 Å². The topological polar surface area (TPSA) is 83.6 Å². The van der Waals surface area contributed by atoms with Crippen LogP contribution in [0.5, 0.6) is 0 Å². The van der Waals surface area contributed by atoms with Crippen molar-refractivity contribution >= 4 is 21.8 Å². The van der Waals surface area contributed by atoms with Gasteiger partial charge in [0.25, 0.3) is 5.91 Å². The maximum absolute atomic E-state index is 12.8. The number of halogens is 3. The van der Waals surface area contributed by atoms with Crippen molar-refractivity contribution in [3.8, 4) is 0 Å². The van der Waals surface area contributed by atoms with Crippen molar-refractivity contribution in [2.24, 2.45) is 0 Å². The van der Waals surface area contributed by atoms with Crippen LogP contribution in [0.4, 0.5) is 18.0 Å². The molecule has 0 aromatic heterocycles. The Labute approximate surface area is 136 Å². The number of sulfone groups is 1. The number of nitrogens with one attached hydrogen (secondary N) is 1. The first-order chi connectivity index (χ1) is 10.8. The third-order valence-corrected chi connectivity index (χ3v) is 4.65. The number of urea groups is 1. The quantitative estimate of drug-likeness (QED) is 0.821. The first-order valence-electron chi connectivity index (χ1n) is 6.84. The van der Waals surface area contributed by atoms with Crippen LogP contribution < -0.4 is 5.32 Å². The minimum atomic E-state index is -4.59. The lowest BCUT2D eigenvalue weighted by Gasteiger charge is -2.23. The fraction of sp³-hybridized carbons (Fsp3) is 0.429. The Balaban J connectivity index is 2.34. The number of benzene rings is 1. The zero-order chi connectivity index (χ0) is 18.3. The summed E-state index contributed by atoms with van der Waals surface area (Å²) in [6.07, 6.45) is -3.63. The molecule has 1 aliphatic heterocycles. The summed E-state index contributed by atoms with van der Waals surface area (Å²) in [4.78, 5) is 25.1. The summed E-state index contributed by atoms with van der Waals surface area (Å²) in [6, 6.07) is 3.24. The van der Waals surface area contributed by atoms with Crippen LogP contribution in [0.1, 0.15) is 18.1 Å². The minimum Gasteiger partial charge on any atom is -0.319 e. The smallest absolute Gasteiger partial charge is 0.319 e. The number of alkyl halides is 3. The molecule has 1 fully saturated rings. The highest BCUT2D eigenvalue weighted by atomic mass is 32.2. The standard InChI is InChI=1S/C14H15F3N2O4S/c1-13(9-4-3-5-10(8-9)14(15,16)17)11(20)19(12(21)18-13)6-7-24(2,22)23/h3-5,8H,6-7H2,1-2H3,(H,18,21)/t13-/m0/s1. The van der Waals surface area contributed by atoms with Gasteiger partial charge in [-0.1, -0.05) is 12.1 Å². The third-order valence-electron chi connectivity index (χ3n) is 3.73. The van der Waals surface area contributed by atoms with Crippen molar-refractivity contribution < 1.29 is 31.2 Å². The van der Waals surface area contributed by atoms with E-state index in [-0.39, 0.29) is 12.1 Å². The molecule has 0 radical (unpaired) electrons. The summed E-state index contributed by atoms with van der Waals surface area (Å²) in [5, 5.41) is 2.34. The number of hydrogen-bond donors (Lipinski definition) is 1. The second kappa shape index (κ2) is 5.76. The number of carbonyl (C=O) groups is 2. The average molecular weight is 364 g/mol. The minimum absolute atomic E-state index is 0.0301. The summed E-state index contributed by atoms with van der Waals surface area (Å²) in [5.74, 6) is -1.22. The van der Waals surface area contributed by atoms with E-state index in [0.717, 1.165) is 24.5 Å². The number of nitrogens with zero attached hydrogens (tertiary/aromatic N) is 1. The lowest BCUT2D eigenvalue weighted by molar-refractivity contribution is -0.138. The van der Waals surface area contributed by atoms with Crippen LogP contribution in [0.25, 0.3) is 0 Å². The van der Waals surface area contributed by atoms with E-state index in [1.165, 1.54) is 13.0 Å². The van der Waals surface area contributed by atoms with Crippen LogP contribution in [-0.2, 0) is 26.3 Å². The number of imide groups is 1. The van der Waals surface area contributed by atoms with E-state index in [2.05, 4.69) is 5.32 Å². The second-order valence-corrected chi connectivity index (χ2v) is 7.98. The lowest BCUT2D eigenvalue weighted by atomic mass is 9.90. The Morgan fingerprint density at radius 1 is 1.25 bits per heavy atom. The van der Waals surface area contributed by atoms with Gasteiger partial charge in [-0.15, -0.1) is 0 Å². The molecule has 1 atom stereocenters. The molecule has 0 saturated carbocycles. The highest BCUT2D eigenvalue weighted by Crippen LogP contribution is 2.34. The first kappa shape index (κ1) is 18.2. The lowest BCUT2D eigenvalue weighted by Crippen LogP contribution is -2.41. The van der Waals surface area contributed by atoms with E-state index in [9.17, 15) is 31.2 Å². The molecule has 6 nitrogen and oxygen atoms in total. The second-order valence-electron chi connectivity index (χ2n) is 5.72. The van der Waals surface area contributed by atoms with E-state index in [1.54, 1.807) is 0 Å². The Bertz CT molecular complexity index is 791. The van der Waals surface area contributed by atoms with Gasteiger partial charge in [0.15, 0.2) is 0 Å². The van der Waals surface area contributed by atoms with Crippen LogP contribution in [0.3, 0.4) is 0 Å². The Morgan fingerprint density at radius 3 is 2.42 bits per heavy atom. The SMILES string of the molecule is C[C@@]1(c2cccc(C(F)(F)F)c2)NC(=O)N(CCS(C)(=O)=O)C1=O. The summed E-state index contributed by atoms with van der Waals surface area (Å²) in [6.45, 7) is 0.918. The predicted molar refractivity (Wildman–Crippen MR) is 78.8 cm³/mol. The number of amides is 3. The summed E-state index contributed by atoms with van der Waals surface area (Å²) < 4.78 is 60.9. The monoisotopic (exact) mass is 364 g/mol. The van der Waals surface area contributed by atoms with Crippen LogP contribution in [0, 0.1) is 0 Å². The number of rotatable bonds is 4. The van der Waals surface area contributed by atoms with Gasteiger partial charge in [-0.3, -0.25) is 9.69 Å². The molecule has 2 rings (SSSR count). The van der Waals surface area contributed by atoms with Gasteiger partial charge in [-0.2, -0.15) is 13.2 Å². The maximum atomic E-state index is 12.8. The molecular formula is C14H15F3N2O4S. The molecule has 0 unspecified atom stereocenters. The summed E-state index contributed by atoms with van der Waals surface area (Å²) in [7, 11) is -3.41. The normalized spacial score (nSPS) is 22.0. The number of hydrogen-bond acceptors (Lipinski definition) is 4. The van der Waals surface area contributed by atoms with Gasteiger partial charge in [-0.05, 0) is 24.6 Å². The molecule has 0 spiro atoms. The van der Waals surface area contributed by atoms with Crippen molar-refractivity contribution in [2.75, 3.05) is 18.6 Å². The molecule has 1 aliphatic rings. The third kappa shape index (κ3) is 3.53. The zero-order valence-electron chi connectivity index (χ0n) is 12.8. The van der Waals surface area contributed by atoms with Gasteiger partial charge >= 0.3 is 12.2 Å². The molecule has 24 heavy (non-hydrogen) atoms. The summed E-state index contributed by atoms with van der Waals surface area (Å²) >= 11 is 0. The molecule has 1 saturated heterocycles. The van der Waals surface area contributed by atoms with Gasteiger partial charge in [0.05, 0.1) is 11.3 Å². The van der Waals surface area contributed by atoms with E-state index >= 15 is 0 Å². The van der Waals surface area contributed by atoms with Crippen LogP contribution >= 0.6 is 0 Å². The molecule has 132 valence electrons. The highest BCUT2D eigenvalue weighted by Gasteiger charge is 2.49. The Kier molecular flexibility index (Phi) is 4.38. The van der Waals surface area contributed by atoms with Crippen LogP contribution in [0.15, 0.2) is 24.3 Å². The average Bonchev–Trinajstić information content (AvgIpc) is 2.66. The van der Waals surface area contributed by atoms with Crippen LogP contribution in [-0.4, -0.2) is 43.8 Å². The highest BCUT2D eigenvalue weighted by molar-refractivity contribution is 7.90.